The molecule has 6 heteroatoms. The van der Waals surface area contributed by atoms with Crippen molar-refractivity contribution in [1.29, 1.82) is 0 Å². The van der Waals surface area contributed by atoms with E-state index in [2.05, 4.69) is 28.9 Å². The zero-order valence-corrected chi connectivity index (χ0v) is 16.1. The number of benzene rings is 1. The van der Waals surface area contributed by atoms with Gasteiger partial charge in [0, 0.05) is 37.6 Å². The van der Waals surface area contributed by atoms with E-state index in [9.17, 15) is 4.79 Å². The molecule has 1 aromatic carbocycles. The van der Waals surface area contributed by atoms with Crippen LogP contribution in [0.4, 0.5) is 0 Å². The van der Waals surface area contributed by atoms with Crippen LogP contribution in [0.1, 0.15) is 30.3 Å². The van der Waals surface area contributed by atoms with Crippen molar-refractivity contribution in [3.8, 4) is 0 Å². The Morgan fingerprint density at radius 1 is 1.15 bits per heavy atom. The molecule has 140 valence electrons. The number of carbonyl (C=O) groups excluding carboxylic acids is 1. The molecule has 26 heavy (non-hydrogen) atoms. The summed E-state index contributed by atoms with van der Waals surface area (Å²) in [6.07, 6.45) is 2.47. The molecule has 2 aromatic rings. The Hall–Kier alpha value is -1.92. The van der Waals surface area contributed by atoms with E-state index in [-0.39, 0.29) is 5.91 Å². The number of carbonyl (C=O) groups is 1. The van der Waals surface area contributed by atoms with E-state index in [0.717, 1.165) is 30.5 Å². The lowest BCUT2D eigenvalue weighted by molar-refractivity contribution is -0.000218. The molecule has 0 radical (unpaired) electrons. The molecule has 2 saturated heterocycles. The molecule has 1 amide bonds. The highest BCUT2D eigenvalue weighted by Crippen LogP contribution is 2.26. The second-order valence-electron chi connectivity index (χ2n) is 7.72. The minimum absolute atomic E-state index is 0.0671. The lowest BCUT2D eigenvalue weighted by atomic mass is 9.98. The van der Waals surface area contributed by atoms with Gasteiger partial charge >= 0.3 is 0 Å². The minimum atomic E-state index is 0.0671. The third-order valence-electron chi connectivity index (χ3n) is 6.10. The normalized spacial score (nSPS) is 20.1. The topological polar surface area (TPSA) is 44.6 Å². The Kier molecular flexibility index (Phi) is 4.71. The second-order valence-corrected chi connectivity index (χ2v) is 7.72. The number of hydrogen-bond donors (Lipinski definition) is 0. The summed E-state index contributed by atoms with van der Waals surface area (Å²) in [6, 6.07) is 9.11. The number of hydrogen-bond acceptors (Lipinski definition) is 4. The van der Waals surface area contributed by atoms with E-state index in [4.69, 9.17) is 0 Å². The first-order valence-corrected chi connectivity index (χ1v) is 9.73. The van der Waals surface area contributed by atoms with Crippen molar-refractivity contribution in [2.75, 3.05) is 39.8 Å². The van der Waals surface area contributed by atoms with Crippen LogP contribution in [0, 0.1) is 0 Å². The van der Waals surface area contributed by atoms with Gasteiger partial charge in [0.05, 0.1) is 5.52 Å². The molecule has 3 heterocycles. The Morgan fingerprint density at radius 2 is 1.85 bits per heavy atom. The van der Waals surface area contributed by atoms with Crippen molar-refractivity contribution < 1.29 is 4.79 Å². The maximum atomic E-state index is 13.0. The highest BCUT2D eigenvalue weighted by atomic mass is 16.2. The third-order valence-corrected chi connectivity index (χ3v) is 6.10. The number of aryl methyl sites for hydroxylation is 1. The first-order valence-electron chi connectivity index (χ1n) is 9.73. The molecule has 2 aliphatic rings. The molecule has 4 rings (SSSR count). The maximum absolute atomic E-state index is 13.0. The van der Waals surface area contributed by atoms with Crippen LogP contribution >= 0.6 is 0 Å². The van der Waals surface area contributed by atoms with Gasteiger partial charge in [-0.1, -0.05) is 25.1 Å². The number of piperidine rings is 1. The standard InChI is InChI=1S/C20H29N5O/c1-4-25(15-9-11-22(2)12-10-15)16-13-24(14-16)20(26)19-17-7-5-6-8-18(17)23(3)21-19/h5-8,15-16H,4,9-14H2,1-3H3. The van der Waals surface area contributed by atoms with Crippen molar-refractivity contribution in [2.45, 2.75) is 31.8 Å². The van der Waals surface area contributed by atoms with Crippen LogP contribution < -0.4 is 0 Å². The van der Waals surface area contributed by atoms with Gasteiger partial charge in [0.15, 0.2) is 5.69 Å². The Bertz CT molecular complexity index is 787. The van der Waals surface area contributed by atoms with Gasteiger partial charge in [0.1, 0.15) is 0 Å². The van der Waals surface area contributed by atoms with E-state index in [1.165, 1.54) is 25.9 Å². The van der Waals surface area contributed by atoms with Gasteiger partial charge in [0.25, 0.3) is 5.91 Å². The van der Waals surface area contributed by atoms with E-state index < -0.39 is 0 Å². The third kappa shape index (κ3) is 3.01. The van der Waals surface area contributed by atoms with E-state index in [1.54, 1.807) is 4.68 Å². The maximum Gasteiger partial charge on any atom is 0.275 e. The Morgan fingerprint density at radius 3 is 2.54 bits per heavy atom. The van der Waals surface area contributed by atoms with Gasteiger partial charge in [-0.15, -0.1) is 0 Å². The van der Waals surface area contributed by atoms with Gasteiger partial charge in [-0.2, -0.15) is 5.10 Å². The SMILES string of the molecule is CCN(C1CCN(C)CC1)C1CN(C(=O)c2nn(C)c3ccccc23)C1. The smallest absolute Gasteiger partial charge is 0.275 e. The van der Waals surface area contributed by atoms with Crippen molar-refractivity contribution in [3.05, 3.63) is 30.0 Å². The summed E-state index contributed by atoms with van der Waals surface area (Å²) < 4.78 is 1.80. The molecule has 0 spiro atoms. The van der Waals surface area contributed by atoms with Crippen LogP contribution in [0.15, 0.2) is 24.3 Å². The van der Waals surface area contributed by atoms with Crippen LogP contribution in [0.5, 0.6) is 0 Å². The molecule has 0 unspecified atom stereocenters. The number of rotatable bonds is 4. The summed E-state index contributed by atoms with van der Waals surface area (Å²) in [5, 5.41) is 5.44. The predicted octanol–water partition coefficient (Wildman–Crippen LogP) is 1.81. The van der Waals surface area contributed by atoms with Crippen molar-refractivity contribution in [3.63, 3.8) is 0 Å². The van der Waals surface area contributed by atoms with Crippen molar-refractivity contribution in [1.82, 2.24) is 24.5 Å². The number of amides is 1. The molecule has 0 atom stereocenters. The van der Waals surface area contributed by atoms with Gasteiger partial charge in [-0.3, -0.25) is 14.4 Å². The zero-order valence-electron chi connectivity index (χ0n) is 16.1. The number of nitrogens with zero attached hydrogens (tertiary/aromatic N) is 5. The molecular weight excluding hydrogens is 326 g/mol. The molecule has 2 fully saturated rings. The van der Waals surface area contributed by atoms with Crippen molar-refractivity contribution >= 4 is 16.8 Å². The van der Waals surface area contributed by atoms with Crippen LogP contribution in [0.2, 0.25) is 0 Å². The summed E-state index contributed by atoms with van der Waals surface area (Å²) in [5.41, 5.74) is 1.60. The van der Waals surface area contributed by atoms with Crippen LogP contribution in [0.25, 0.3) is 10.9 Å². The number of likely N-dealkylation sites (tertiary alicyclic amines) is 2. The fourth-order valence-electron chi connectivity index (χ4n) is 4.49. The van der Waals surface area contributed by atoms with E-state index in [1.807, 2.05) is 36.2 Å². The van der Waals surface area contributed by atoms with E-state index in [0.29, 0.717) is 17.8 Å². The number of fused-ring (bicyclic) bond motifs is 1. The van der Waals surface area contributed by atoms with Crippen molar-refractivity contribution in [2.24, 2.45) is 7.05 Å². The quantitative estimate of drug-likeness (QED) is 0.839. The molecule has 6 nitrogen and oxygen atoms in total. The molecule has 0 N–H and O–H groups in total. The number of para-hydroxylation sites is 1. The van der Waals surface area contributed by atoms with Crippen LogP contribution in [-0.4, -0.2) is 82.2 Å². The molecule has 2 aliphatic heterocycles. The Balaban J connectivity index is 1.42. The highest BCUT2D eigenvalue weighted by molar-refractivity contribution is 6.05. The monoisotopic (exact) mass is 355 g/mol. The van der Waals surface area contributed by atoms with Gasteiger partial charge < -0.3 is 9.80 Å². The van der Waals surface area contributed by atoms with E-state index >= 15 is 0 Å². The Labute approximate surface area is 155 Å². The summed E-state index contributed by atoms with van der Waals surface area (Å²) >= 11 is 0. The van der Waals surface area contributed by atoms with Crippen LogP contribution in [-0.2, 0) is 7.05 Å². The summed E-state index contributed by atoms with van der Waals surface area (Å²) in [6.45, 7) is 7.31. The number of aromatic nitrogens is 2. The summed E-state index contributed by atoms with van der Waals surface area (Å²) in [4.78, 5) is 19.9. The summed E-state index contributed by atoms with van der Waals surface area (Å²) in [7, 11) is 4.10. The molecule has 0 saturated carbocycles. The molecule has 0 aliphatic carbocycles. The lowest BCUT2D eigenvalue weighted by Crippen LogP contribution is -2.64. The first-order chi connectivity index (χ1) is 12.6. The minimum Gasteiger partial charge on any atom is -0.334 e. The zero-order chi connectivity index (χ0) is 18.3. The first kappa shape index (κ1) is 17.5. The fraction of sp³-hybridized carbons (Fsp3) is 0.600. The van der Waals surface area contributed by atoms with Gasteiger partial charge in [-0.25, -0.2) is 0 Å². The molecular formula is C20H29N5O. The van der Waals surface area contributed by atoms with Gasteiger partial charge in [0.2, 0.25) is 0 Å². The lowest BCUT2D eigenvalue weighted by Gasteiger charge is -2.49. The number of likely N-dealkylation sites (N-methyl/N-ethyl adjacent to an activating group) is 1. The van der Waals surface area contributed by atoms with Crippen LogP contribution in [0.3, 0.4) is 0 Å². The highest BCUT2D eigenvalue weighted by Gasteiger charge is 2.39. The average molecular weight is 355 g/mol. The average Bonchev–Trinajstić information content (AvgIpc) is 2.95. The summed E-state index contributed by atoms with van der Waals surface area (Å²) in [5.74, 6) is 0.0671. The largest absolute Gasteiger partial charge is 0.334 e. The second kappa shape index (κ2) is 7.00. The predicted molar refractivity (Wildman–Crippen MR) is 103 cm³/mol. The molecule has 1 aromatic heterocycles. The van der Waals surface area contributed by atoms with Gasteiger partial charge in [-0.05, 0) is 45.6 Å². The molecule has 0 bridgehead atoms. The fourth-order valence-corrected chi connectivity index (χ4v) is 4.49.